The van der Waals surface area contributed by atoms with Crippen LogP contribution in [0.5, 0.6) is 0 Å². The van der Waals surface area contributed by atoms with Crippen molar-refractivity contribution < 1.29 is 14.7 Å². The highest BCUT2D eigenvalue weighted by atomic mass is 79.9. The molecule has 0 aliphatic heterocycles. The number of rotatable bonds is 2. The maximum Gasteiger partial charge on any atom is 0.336 e. The fraction of sp³-hybridized carbons (Fsp3) is 0. The van der Waals surface area contributed by atoms with Gasteiger partial charge in [-0.1, -0.05) is 23.2 Å². The van der Waals surface area contributed by atoms with E-state index in [4.69, 9.17) is 34.0 Å². The highest BCUT2D eigenvalue weighted by Gasteiger charge is 2.07. The second-order valence-corrected chi connectivity index (χ2v) is 6.50. The number of primary amides is 1. The predicted octanol–water partition coefficient (Wildman–Crippen LogP) is 5.00. The number of carboxylic acid groups (broad SMARTS) is 1. The maximum absolute atomic E-state index is 10.7. The van der Waals surface area contributed by atoms with Gasteiger partial charge in [0.2, 0.25) is 5.91 Å². The molecule has 3 N–H and O–H groups in total. The predicted molar refractivity (Wildman–Crippen MR) is 93.8 cm³/mol. The normalized spacial score (nSPS) is 9.64. The molecule has 0 fully saturated rings. The Balaban J connectivity index is 0.000000220. The molecule has 0 unspecified atom stereocenters. The van der Waals surface area contributed by atoms with Crippen LogP contribution in [0, 0.1) is 0 Å². The zero-order chi connectivity index (χ0) is 16.9. The third-order valence-corrected chi connectivity index (χ3v) is 4.14. The zero-order valence-electron chi connectivity index (χ0n) is 10.8. The van der Waals surface area contributed by atoms with Crippen LogP contribution in [0.4, 0.5) is 0 Å². The van der Waals surface area contributed by atoms with Gasteiger partial charge < -0.3 is 10.8 Å². The van der Waals surface area contributed by atoms with Crippen LogP contribution < -0.4 is 5.73 Å². The van der Waals surface area contributed by atoms with E-state index in [9.17, 15) is 9.59 Å². The Bertz CT molecular complexity index is 662. The molecule has 0 saturated heterocycles. The summed E-state index contributed by atoms with van der Waals surface area (Å²) in [6.07, 6.45) is 0. The number of aromatic carboxylic acids is 1. The van der Waals surface area contributed by atoms with Gasteiger partial charge in [-0.3, -0.25) is 4.79 Å². The molecule has 0 heterocycles. The van der Waals surface area contributed by atoms with Gasteiger partial charge in [-0.25, -0.2) is 4.79 Å². The lowest BCUT2D eigenvalue weighted by molar-refractivity contribution is 0.0695. The molecule has 0 aliphatic carbocycles. The molecule has 8 heteroatoms. The summed E-state index contributed by atoms with van der Waals surface area (Å²) in [4.78, 5) is 21.1. The molecule has 2 aromatic rings. The molecule has 0 atom stereocenters. The quantitative estimate of drug-likeness (QED) is 0.649. The van der Waals surface area contributed by atoms with Gasteiger partial charge in [0.1, 0.15) is 0 Å². The van der Waals surface area contributed by atoms with E-state index >= 15 is 0 Å². The van der Waals surface area contributed by atoms with Crippen LogP contribution in [0.15, 0.2) is 45.3 Å². The summed E-state index contributed by atoms with van der Waals surface area (Å²) in [6.45, 7) is 0. The molecule has 0 saturated carbocycles. The number of hydrogen-bond donors (Lipinski definition) is 2. The fourth-order valence-electron chi connectivity index (χ4n) is 1.35. The Morgan fingerprint density at radius 1 is 0.909 bits per heavy atom. The van der Waals surface area contributed by atoms with Crippen molar-refractivity contribution in [2.24, 2.45) is 5.73 Å². The maximum atomic E-state index is 10.7. The molecule has 2 aromatic carbocycles. The lowest BCUT2D eigenvalue weighted by Crippen LogP contribution is -2.11. The Kier molecular flexibility index (Phi) is 7.35. The van der Waals surface area contributed by atoms with Gasteiger partial charge in [0.25, 0.3) is 0 Å². The number of carbonyl (C=O) groups excluding carboxylic acids is 1. The van der Waals surface area contributed by atoms with E-state index in [1.165, 1.54) is 12.1 Å². The number of halogens is 4. The molecule has 4 nitrogen and oxygen atoms in total. The van der Waals surface area contributed by atoms with Gasteiger partial charge in [0.05, 0.1) is 11.1 Å². The Labute approximate surface area is 153 Å². The molecule has 22 heavy (non-hydrogen) atoms. The van der Waals surface area contributed by atoms with Crippen molar-refractivity contribution >= 4 is 66.9 Å². The van der Waals surface area contributed by atoms with E-state index in [2.05, 4.69) is 31.9 Å². The van der Waals surface area contributed by atoms with Crippen molar-refractivity contribution in [1.29, 1.82) is 0 Å². The van der Waals surface area contributed by atoms with Gasteiger partial charge in [0, 0.05) is 19.0 Å². The first-order valence-corrected chi connectivity index (χ1v) is 7.99. The summed E-state index contributed by atoms with van der Waals surface area (Å²) in [5, 5.41) is 9.67. The lowest BCUT2D eigenvalue weighted by Gasteiger charge is -1.98. The summed E-state index contributed by atoms with van der Waals surface area (Å²) in [5.41, 5.74) is 5.71. The smallest absolute Gasteiger partial charge is 0.336 e. The topological polar surface area (TPSA) is 80.4 Å². The first kappa shape index (κ1) is 19.0. The number of nitrogens with two attached hydrogens (primary N) is 1. The molecule has 1 amide bonds. The largest absolute Gasteiger partial charge is 0.478 e. The van der Waals surface area contributed by atoms with Gasteiger partial charge >= 0.3 is 5.97 Å². The van der Waals surface area contributed by atoms with E-state index in [-0.39, 0.29) is 5.56 Å². The number of benzene rings is 2. The third-order valence-electron chi connectivity index (χ3n) is 2.36. The van der Waals surface area contributed by atoms with Gasteiger partial charge in [-0.05, 0) is 68.3 Å². The fourth-order valence-corrected chi connectivity index (χ4v) is 3.08. The second-order valence-electron chi connectivity index (χ2n) is 3.92. The number of hydrogen-bond acceptors (Lipinski definition) is 2. The van der Waals surface area contributed by atoms with E-state index in [0.29, 0.717) is 24.6 Å². The molecule has 0 bridgehead atoms. The first-order chi connectivity index (χ1) is 10.2. The average Bonchev–Trinajstić information content (AvgIpc) is 2.38. The number of amides is 1. The highest BCUT2D eigenvalue weighted by molar-refractivity contribution is 9.10. The Morgan fingerprint density at radius 2 is 1.32 bits per heavy atom. The molecular formula is C14H9Br2Cl2NO3. The molecule has 0 radical (unpaired) electrons. The zero-order valence-corrected chi connectivity index (χ0v) is 15.5. The van der Waals surface area contributed by atoms with Crippen LogP contribution in [0.3, 0.4) is 0 Å². The summed E-state index contributed by atoms with van der Waals surface area (Å²) < 4.78 is 1.12. The van der Waals surface area contributed by atoms with Crippen molar-refractivity contribution in [3.8, 4) is 0 Å². The lowest BCUT2D eigenvalue weighted by atomic mass is 10.2. The molecule has 2 rings (SSSR count). The average molecular weight is 470 g/mol. The minimum absolute atomic E-state index is 0.217. The minimum atomic E-state index is -0.964. The first-order valence-electron chi connectivity index (χ1n) is 5.65. The SMILES string of the molecule is NC(=O)c1ccc(Cl)cc1Br.O=C(O)c1ccc(Cl)cc1Br. The van der Waals surface area contributed by atoms with Crippen molar-refractivity contribution in [2.45, 2.75) is 0 Å². The van der Waals surface area contributed by atoms with Crippen LogP contribution >= 0.6 is 55.1 Å². The van der Waals surface area contributed by atoms with E-state index in [0.717, 1.165) is 0 Å². The van der Waals surface area contributed by atoms with Crippen LogP contribution in [0.2, 0.25) is 10.0 Å². The van der Waals surface area contributed by atoms with Gasteiger partial charge in [-0.2, -0.15) is 0 Å². The number of carboxylic acids is 1. The summed E-state index contributed by atoms with van der Waals surface area (Å²) in [6, 6.07) is 9.36. The van der Waals surface area contributed by atoms with Crippen LogP contribution in [-0.2, 0) is 0 Å². The van der Waals surface area contributed by atoms with Crippen molar-refractivity contribution in [1.82, 2.24) is 0 Å². The van der Waals surface area contributed by atoms with Crippen molar-refractivity contribution in [3.05, 3.63) is 66.5 Å². The molecule has 116 valence electrons. The monoisotopic (exact) mass is 467 g/mol. The molecular weight excluding hydrogens is 461 g/mol. The van der Waals surface area contributed by atoms with Crippen molar-refractivity contribution in [3.63, 3.8) is 0 Å². The van der Waals surface area contributed by atoms with E-state index < -0.39 is 11.9 Å². The van der Waals surface area contributed by atoms with E-state index in [1.807, 2.05) is 0 Å². The minimum Gasteiger partial charge on any atom is -0.478 e. The summed E-state index contributed by atoms with van der Waals surface area (Å²) in [7, 11) is 0. The van der Waals surface area contributed by atoms with Gasteiger partial charge in [-0.15, -0.1) is 0 Å². The van der Waals surface area contributed by atoms with Crippen LogP contribution in [-0.4, -0.2) is 17.0 Å². The molecule has 0 aliphatic rings. The Morgan fingerprint density at radius 3 is 1.64 bits per heavy atom. The molecule has 0 aromatic heterocycles. The summed E-state index contributed by atoms with van der Waals surface area (Å²) >= 11 is 17.5. The summed E-state index contributed by atoms with van der Waals surface area (Å²) in [5.74, 6) is -1.43. The second kappa shape index (κ2) is 8.53. The standard InChI is InChI=1S/C7H5BrClNO.C7H4BrClO2/c2*8-6-3-4(9)1-2-5(6)7(10)11/h1-3H,(H2,10,11);1-3H,(H,10,11). The Hall–Kier alpha value is -1.08. The van der Waals surface area contributed by atoms with Crippen molar-refractivity contribution in [2.75, 3.05) is 0 Å². The molecule has 0 spiro atoms. The van der Waals surface area contributed by atoms with Gasteiger partial charge in [0.15, 0.2) is 0 Å². The van der Waals surface area contributed by atoms with Crippen LogP contribution in [0.1, 0.15) is 20.7 Å². The third kappa shape index (κ3) is 5.61. The van der Waals surface area contributed by atoms with E-state index in [1.54, 1.807) is 24.3 Å². The highest BCUT2D eigenvalue weighted by Crippen LogP contribution is 2.21. The number of carbonyl (C=O) groups is 2. The van der Waals surface area contributed by atoms with Crippen LogP contribution in [0.25, 0.3) is 0 Å².